The second-order valence-corrected chi connectivity index (χ2v) is 8.35. The molecule has 0 atom stereocenters. The monoisotopic (exact) mass is 413 g/mol. The van der Waals surface area contributed by atoms with Crippen molar-refractivity contribution in [3.63, 3.8) is 0 Å². The number of carboxylic acid groups (broad SMARTS) is 1. The lowest BCUT2D eigenvalue weighted by molar-refractivity contribution is -0.140. The lowest BCUT2D eigenvalue weighted by Gasteiger charge is -2.37. The first-order valence-corrected chi connectivity index (χ1v) is 10.4. The molecule has 1 saturated heterocycles. The number of amides is 1. The van der Waals surface area contributed by atoms with Crippen molar-refractivity contribution in [3.05, 3.63) is 36.2 Å². The lowest BCUT2D eigenvalue weighted by Crippen LogP contribution is -2.47. The van der Waals surface area contributed by atoms with E-state index in [9.17, 15) is 9.59 Å². The molecule has 3 heterocycles. The van der Waals surface area contributed by atoms with Crippen LogP contribution in [0.15, 0.2) is 40.5 Å². The number of carbonyl (C=O) groups is 2. The number of aliphatic carboxylic acids is 1. The highest BCUT2D eigenvalue weighted by Gasteiger charge is 2.27. The molecule has 0 aliphatic carbocycles. The summed E-state index contributed by atoms with van der Waals surface area (Å²) in [6, 6.07) is 6.29. The summed E-state index contributed by atoms with van der Waals surface area (Å²) >= 11 is 1.58. The van der Waals surface area contributed by atoms with E-state index in [0.29, 0.717) is 19.6 Å². The fraction of sp³-hybridized carbons (Fsp3) is 0.400. The largest absolute Gasteiger partial charge is 0.480 e. The average molecular weight is 414 g/mol. The Kier molecular flexibility index (Phi) is 5.68. The van der Waals surface area contributed by atoms with Gasteiger partial charge in [-0.3, -0.25) is 14.5 Å². The number of hydrogen-bond acceptors (Lipinski definition) is 7. The topological polar surface area (TPSA) is 98.7 Å². The van der Waals surface area contributed by atoms with Gasteiger partial charge in [-0.1, -0.05) is 17.8 Å². The van der Waals surface area contributed by atoms with Gasteiger partial charge in [0.1, 0.15) is 5.03 Å². The van der Waals surface area contributed by atoms with Gasteiger partial charge in [-0.15, -0.1) is 0 Å². The van der Waals surface area contributed by atoms with E-state index in [2.05, 4.69) is 21.4 Å². The van der Waals surface area contributed by atoms with Crippen molar-refractivity contribution in [2.45, 2.75) is 42.3 Å². The van der Waals surface area contributed by atoms with Crippen molar-refractivity contribution >= 4 is 35.1 Å². The molecule has 0 spiro atoms. The van der Waals surface area contributed by atoms with Crippen LogP contribution in [-0.2, 0) is 16.1 Å². The van der Waals surface area contributed by atoms with E-state index in [4.69, 9.17) is 5.11 Å². The Morgan fingerprint density at radius 1 is 1.28 bits per heavy atom. The van der Waals surface area contributed by atoms with Gasteiger partial charge in [0.2, 0.25) is 5.91 Å². The van der Waals surface area contributed by atoms with E-state index in [-0.39, 0.29) is 18.5 Å². The molecule has 0 saturated carbocycles. The predicted molar refractivity (Wildman–Crippen MR) is 109 cm³/mol. The number of hydrogen-bond donors (Lipinski definition) is 2. The Labute approximate surface area is 173 Å². The Hall–Kier alpha value is -2.65. The van der Waals surface area contributed by atoms with Crippen LogP contribution in [0.4, 0.5) is 11.5 Å². The molecule has 8 nitrogen and oxygen atoms in total. The minimum Gasteiger partial charge on any atom is -0.480 e. The fourth-order valence-electron chi connectivity index (χ4n) is 3.85. The van der Waals surface area contributed by atoms with Crippen molar-refractivity contribution < 1.29 is 14.7 Å². The first-order valence-electron chi connectivity index (χ1n) is 9.60. The van der Waals surface area contributed by atoms with Gasteiger partial charge >= 0.3 is 5.97 Å². The molecule has 2 aromatic rings. The minimum absolute atomic E-state index is 0.0398. The van der Waals surface area contributed by atoms with Crippen LogP contribution in [0, 0.1) is 0 Å². The molecule has 29 heavy (non-hydrogen) atoms. The Morgan fingerprint density at radius 3 is 2.76 bits per heavy atom. The van der Waals surface area contributed by atoms with Gasteiger partial charge in [-0.2, -0.15) is 0 Å². The summed E-state index contributed by atoms with van der Waals surface area (Å²) in [5.74, 6) is -0.0214. The summed E-state index contributed by atoms with van der Waals surface area (Å²) in [6.45, 7) is 3.58. The number of aromatic nitrogens is 2. The number of likely N-dealkylation sites (tertiary alicyclic amines) is 1. The van der Waals surface area contributed by atoms with Crippen LogP contribution in [0.2, 0.25) is 0 Å². The minimum atomic E-state index is -0.808. The molecular weight excluding hydrogens is 390 g/mol. The highest BCUT2D eigenvalue weighted by Crippen LogP contribution is 2.42. The number of anilines is 2. The summed E-state index contributed by atoms with van der Waals surface area (Å²) in [5, 5.41) is 13.1. The molecule has 2 aliphatic heterocycles. The van der Waals surface area contributed by atoms with Gasteiger partial charge in [0.15, 0.2) is 5.82 Å². The number of carbonyl (C=O) groups excluding carboxylic acids is 1. The molecule has 9 heteroatoms. The molecule has 1 fully saturated rings. The maximum atomic E-state index is 12.3. The van der Waals surface area contributed by atoms with E-state index in [1.807, 2.05) is 21.9 Å². The molecule has 2 N–H and O–H groups in total. The van der Waals surface area contributed by atoms with Crippen LogP contribution in [0.5, 0.6) is 0 Å². The number of nitrogens with one attached hydrogen (secondary N) is 1. The molecule has 1 aromatic carbocycles. The Morgan fingerprint density at radius 2 is 2.03 bits per heavy atom. The third kappa shape index (κ3) is 4.51. The van der Waals surface area contributed by atoms with Crippen LogP contribution in [0.1, 0.15) is 25.3 Å². The SMILES string of the molecule is CC(=O)N(Cc1ccc2c(c1)Nc1nccnc1S2)C1CCN(CC(=O)O)CC1. The number of carboxylic acids is 1. The highest BCUT2D eigenvalue weighted by molar-refractivity contribution is 7.99. The number of fused-ring (bicyclic) bond motifs is 2. The van der Waals surface area contributed by atoms with E-state index in [1.165, 1.54) is 0 Å². The Balaban J connectivity index is 1.45. The van der Waals surface area contributed by atoms with Gasteiger partial charge in [-0.25, -0.2) is 9.97 Å². The first kappa shape index (κ1) is 19.7. The van der Waals surface area contributed by atoms with Gasteiger partial charge in [-0.05, 0) is 30.5 Å². The quantitative estimate of drug-likeness (QED) is 0.659. The highest BCUT2D eigenvalue weighted by atomic mass is 32.2. The molecule has 0 unspecified atom stereocenters. The molecule has 2 aliphatic rings. The van der Waals surface area contributed by atoms with Crippen LogP contribution < -0.4 is 5.32 Å². The summed E-state index contributed by atoms with van der Waals surface area (Å²) in [7, 11) is 0. The zero-order chi connectivity index (χ0) is 20.4. The second kappa shape index (κ2) is 8.38. The molecule has 4 rings (SSSR count). The average Bonchev–Trinajstić information content (AvgIpc) is 2.70. The maximum Gasteiger partial charge on any atom is 0.317 e. The number of nitrogens with zero attached hydrogens (tertiary/aromatic N) is 4. The van der Waals surface area contributed by atoms with Gasteiger partial charge in [0.25, 0.3) is 0 Å². The standard InChI is InChI=1S/C20H23N5O3S/c1-13(26)25(15-4-8-24(9-5-15)12-18(27)28)11-14-2-3-17-16(10-14)23-19-20(29-17)22-7-6-21-19/h2-3,6-7,10,15H,4-5,8-9,11-12H2,1H3,(H,21,23)(H,27,28). The second-order valence-electron chi connectivity index (χ2n) is 7.32. The van der Waals surface area contributed by atoms with Crippen LogP contribution in [0.25, 0.3) is 0 Å². The summed E-state index contributed by atoms with van der Waals surface area (Å²) in [6.07, 6.45) is 4.92. The molecular formula is C20H23N5O3S. The maximum absolute atomic E-state index is 12.3. The lowest BCUT2D eigenvalue weighted by atomic mass is 10.0. The van der Waals surface area contributed by atoms with Crippen molar-refractivity contribution in [2.75, 3.05) is 25.0 Å². The van der Waals surface area contributed by atoms with Crippen molar-refractivity contribution in [1.29, 1.82) is 0 Å². The number of rotatable bonds is 5. The van der Waals surface area contributed by atoms with Crippen molar-refractivity contribution in [2.24, 2.45) is 0 Å². The summed E-state index contributed by atoms with van der Waals surface area (Å²) < 4.78 is 0. The van der Waals surface area contributed by atoms with Crippen LogP contribution in [0.3, 0.4) is 0 Å². The molecule has 0 bridgehead atoms. The summed E-state index contributed by atoms with van der Waals surface area (Å²) in [4.78, 5) is 36.8. The molecule has 152 valence electrons. The van der Waals surface area contributed by atoms with E-state index in [0.717, 1.165) is 39.8 Å². The number of piperidine rings is 1. The first-order chi connectivity index (χ1) is 14.0. The van der Waals surface area contributed by atoms with E-state index in [1.54, 1.807) is 31.1 Å². The van der Waals surface area contributed by atoms with E-state index < -0.39 is 5.97 Å². The van der Waals surface area contributed by atoms with Crippen LogP contribution >= 0.6 is 11.8 Å². The molecule has 0 radical (unpaired) electrons. The normalized spacial score (nSPS) is 16.4. The van der Waals surface area contributed by atoms with Gasteiger partial charge in [0, 0.05) is 49.9 Å². The van der Waals surface area contributed by atoms with Crippen molar-refractivity contribution in [1.82, 2.24) is 19.8 Å². The molecule has 1 amide bonds. The zero-order valence-electron chi connectivity index (χ0n) is 16.2. The van der Waals surface area contributed by atoms with Crippen molar-refractivity contribution in [3.8, 4) is 0 Å². The zero-order valence-corrected chi connectivity index (χ0v) is 17.0. The molecule has 1 aromatic heterocycles. The third-order valence-electron chi connectivity index (χ3n) is 5.28. The predicted octanol–water partition coefficient (Wildman–Crippen LogP) is 2.58. The Bertz CT molecular complexity index is 930. The van der Waals surface area contributed by atoms with E-state index >= 15 is 0 Å². The van der Waals surface area contributed by atoms with Gasteiger partial charge in [0.05, 0.1) is 12.2 Å². The van der Waals surface area contributed by atoms with Gasteiger partial charge < -0.3 is 15.3 Å². The smallest absolute Gasteiger partial charge is 0.317 e. The fourth-order valence-corrected chi connectivity index (χ4v) is 4.73. The van der Waals surface area contributed by atoms with Crippen LogP contribution in [-0.4, -0.2) is 62.4 Å². The summed E-state index contributed by atoms with van der Waals surface area (Å²) in [5.41, 5.74) is 2.02. The number of benzene rings is 1. The third-order valence-corrected chi connectivity index (χ3v) is 6.35.